The van der Waals surface area contributed by atoms with Gasteiger partial charge in [-0.2, -0.15) is 4.31 Å². The molecule has 1 N–H and O–H groups in total. The molecular formula is C17H18FN3O3S2. The van der Waals surface area contributed by atoms with Crippen LogP contribution in [0.1, 0.15) is 16.8 Å². The fourth-order valence-corrected chi connectivity index (χ4v) is 4.55. The summed E-state index contributed by atoms with van der Waals surface area (Å²) in [7, 11) is -3.72. The number of hydrogen-bond acceptors (Lipinski definition) is 4. The molecule has 9 heteroatoms. The summed E-state index contributed by atoms with van der Waals surface area (Å²) >= 11 is 5.15. The normalized spacial score (nSPS) is 16.3. The molecule has 1 amide bonds. The van der Waals surface area contributed by atoms with E-state index in [1.807, 2.05) is 0 Å². The van der Waals surface area contributed by atoms with Crippen LogP contribution in [0, 0.1) is 10.5 Å². The minimum absolute atomic E-state index is 0.0455. The van der Waals surface area contributed by atoms with Gasteiger partial charge in [0.1, 0.15) is 10.5 Å². The molecular weight excluding hydrogens is 377 g/mol. The SMILES string of the molecule is O=C(c1ccc[nH]c1=S)N1CCCN(S(=O)(=O)c2ccc(F)cc2)CC1. The van der Waals surface area contributed by atoms with E-state index in [2.05, 4.69) is 4.98 Å². The number of carbonyl (C=O) groups is 1. The Morgan fingerprint density at radius 2 is 1.81 bits per heavy atom. The first kappa shape index (κ1) is 18.7. The number of benzene rings is 1. The van der Waals surface area contributed by atoms with Crippen LogP contribution in [0.4, 0.5) is 4.39 Å². The summed E-state index contributed by atoms with van der Waals surface area (Å²) in [6.07, 6.45) is 2.16. The number of aromatic nitrogens is 1. The second kappa shape index (κ2) is 7.65. The van der Waals surface area contributed by atoms with Gasteiger partial charge in [-0.25, -0.2) is 12.8 Å². The predicted octanol–water partition coefficient (Wildman–Crippen LogP) is 2.42. The molecule has 6 nitrogen and oxygen atoms in total. The summed E-state index contributed by atoms with van der Waals surface area (Å²) in [6, 6.07) is 8.10. The van der Waals surface area contributed by atoms with Crippen molar-refractivity contribution in [3.63, 3.8) is 0 Å². The molecule has 1 saturated heterocycles. The van der Waals surface area contributed by atoms with Gasteiger partial charge < -0.3 is 9.88 Å². The summed E-state index contributed by atoms with van der Waals surface area (Å²) in [6.45, 7) is 1.18. The average Bonchev–Trinajstić information content (AvgIpc) is 2.89. The molecule has 0 radical (unpaired) electrons. The van der Waals surface area contributed by atoms with Crippen LogP contribution in [-0.4, -0.2) is 54.7 Å². The summed E-state index contributed by atoms with van der Waals surface area (Å²) in [5.74, 6) is -0.705. The Labute approximate surface area is 156 Å². The summed E-state index contributed by atoms with van der Waals surface area (Å²) in [5.41, 5.74) is 0.400. The first-order valence-corrected chi connectivity index (χ1v) is 9.97. The van der Waals surface area contributed by atoms with Crippen molar-refractivity contribution >= 4 is 28.1 Å². The van der Waals surface area contributed by atoms with Crippen molar-refractivity contribution in [2.24, 2.45) is 0 Å². The topological polar surface area (TPSA) is 73.5 Å². The Hall–Kier alpha value is -2.10. The van der Waals surface area contributed by atoms with Crippen molar-refractivity contribution in [2.45, 2.75) is 11.3 Å². The van der Waals surface area contributed by atoms with E-state index in [4.69, 9.17) is 12.2 Å². The lowest BCUT2D eigenvalue weighted by molar-refractivity contribution is 0.0763. The molecule has 1 aromatic heterocycles. The molecule has 1 aliphatic heterocycles. The van der Waals surface area contributed by atoms with E-state index in [9.17, 15) is 17.6 Å². The lowest BCUT2D eigenvalue weighted by Gasteiger charge is -2.22. The molecule has 0 unspecified atom stereocenters. The monoisotopic (exact) mass is 395 g/mol. The number of halogens is 1. The third-order valence-electron chi connectivity index (χ3n) is 4.24. The third kappa shape index (κ3) is 3.84. The lowest BCUT2D eigenvalue weighted by atomic mass is 10.2. The number of nitrogens with one attached hydrogen (secondary N) is 1. The Bertz CT molecular complexity index is 958. The molecule has 2 aromatic rings. The van der Waals surface area contributed by atoms with Crippen molar-refractivity contribution in [1.29, 1.82) is 0 Å². The first-order valence-electron chi connectivity index (χ1n) is 8.12. The van der Waals surface area contributed by atoms with Crippen molar-refractivity contribution in [2.75, 3.05) is 26.2 Å². The number of hydrogen-bond donors (Lipinski definition) is 1. The number of sulfonamides is 1. The summed E-state index contributed by atoms with van der Waals surface area (Å²) in [5, 5.41) is 0. The van der Waals surface area contributed by atoms with Gasteiger partial charge in [0.2, 0.25) is 10.0 Å². The fourth-order valence-electron chi connectivity index (χ4n) is 2.85. The molecule has 1 aliphatic rings. The zero-order valence-electron chi connectivity index (χ0n) is 13.9. The van der Waals surface area contributed by atoms with Crippen molar-refractivity contribution in [3.8, 4) is 0 Å². The van der Waals surface area contributed by atoms with Gasteiger partial charge in [-0.15, -0.1) is 0 Å². The van der Waals surface area contributed by atoms with E-state index < -0.39 is 15.8 Å². The number of aromatic amines is 1. The van der Waals surface area contributed by atoms with Gasteiger partial charge in [0.15, 0.2) is 0 Å². The largest absolute Gasteiger partial charge is 0.352 e. The van der Waals surface area contributed by atoms with Crippen LogP contribution in [0.2, 0.25) is 0 Å². The molecule has 0 saturated carbocycles. The predicted molar refractivity (Wildman–Crippen MR) is 97.3 cm³/mol. The van der Waals surface area contributed by atoms with E-state index in [0.29, 0.717) is 29.7 Å². The lowest BCUT2D eigenvalue weighted by Crippen LogP contribution is -2.37. The number of pyridine rings is 1. The number of amides is 1. The van der Waals surface area contributed by atoms with Gasteiger partial charge in [0.25, 0.3) is 5.91 Å². The Morgan fingerprint density at radius 3 is 2.50 bits per heavy atom. The molecule has 1 fully saturated rings. The number of carbonyl (C=O) groups excluding carboxylic acids is 1. The molecule has 0 aliphatic carbocycles. The van der Waals surface area contributed by atoms with E-state index in [1.165, 1.54) is 16.4 Å². The van der Waals surface area contributed by atoms with Crippen LogP contribution >= 0.6 is 12.2 Å². The van der Waals surface area contributed by atoms with Crippen LogP contribution < -0.4 is 0 Å². The zero-order chi connectivity index (χ0) is 18.7. The van der Waals surface area contributed by atoms with Crippen molar-refractivity contribution in [1.82, 2.24) is 14.2 Å². The molecule has 26 heavy (non-hydrogen) atoms. The molecule has 3 rings (SSSR count). The third-order valence-corrected chi connectivity index (χ3v) is 6.49. The molecule has 138 valence electrons. The number of rotatable bonds is 3. The van der Waals surface area contributed by atoms with Gasteiger partial charge in [0.05, 0.1) is 10.5 Å². The minimum Gasteiger partial charge on any atom is -0.352 e. The highest BCUT2D eigenvalue weighted by Gasteiger charge is 2.28. The van der Waals surface area contributed by atoms with Crippen LogP contribution in [0.3, 0.4) is 0 Å². The molecule has 0 spiro atoms. The average molecular weight is 395 g/mol. The Balaban J connectivity index is 1.76. The maximum Gasteiger partial charge on any atom is 0.256 e. The molecule has 0 atom stereocenters. The summed E-state index contributed by atoms with van der Waals surface area (Å²) in [4.78, 5) is 17.1. The van der Waals surface area contributed by atoms with Gasteiger partial charge in [-0.05, 0) is 42.8 Å². The van der Waals surface area contributed by atoms with Crippen LogP contribution in [0.15, 0.2) is 47.5 Å². The van der Waals surface area contributed by atoms with Crippen LogP contribution in [-0.2, 0) is 10.0 Å². The minimum atomic E-state index is -3.72. The van der Waals surface area contributed by atoms with E-state index in [0.717, 1.165) is 12.1 Å². The second-order valence-electron chi connectivity index (χ2n) is 5.92. The Morgan fingerprint density at radius 1 is 1.08 bits per heavy atom. The number of H-pyrrole nitrogens is 1. The quantitative estimate of drug-likeness (QED) is 0.810. The van der Waals surface area contributed by atoms with E-state index in [-0.39, 0.29) is 23.9 Å². The molecule has 0 bridgehead atoms. The highest BCUT2D eigenvalue weighted by atomic mass is 32.2. The molecule has 2 heterocycles. The fraction of sp³-hybridized carbons (Fsp3) is 0.294. The maximum absolute atomic E-state index is 13.1. The zero-order valence-corrected chi connectivity index (χ0v) is 15.5. The summed E-state index contributed by atoms with van der Waals surface area (Å²) < 4.78 is 40.2. The van der Waals surface area contributed by atoms with Gasteiger partial charge in [0, 0.05) is 32.4 Å². The standard InChI is InChI=1S/C17H18FN3O3S2/c18-13-4-6-14(7-5-13)26(23,24)21-10-2-9-20(11-12-21)17(22)15-3-1-8-19-16(15)25/h1,3-8H,2,9-12H2,(H,19,25). The van der Waals surface area contributed by atoms with Crippen LogP contribution in [0.5, 0.6) is 0 Å². The van der Waals surface area contributed by atoms with E-state index in [1.54, 1.807) is 23.2 Å². The van der Waals surface area contributed by atoms with Gasteiger partial charge in [-0.1, -0.05) is 12.2 Å². The van der Waals surface area contributed by atoms with Crippen LogP contribution in [0.25, 0.3) is 0 Å². The first-order chi connectivity index (χ1) is 12.4. The molecule has 1 aromatic carbocycles. The van der Waals surface area contributed by atoms with Crippen molar-refractivity contribution < 1.29 is 17.6 Å². The van der Waals surface area contributed by atoms with Gasteiger partial charge >= 0.3 is 0 Å². The maximum atomic E-state index is 13.1. The second-order valence-corrected chi connectivity index (χ2v) is 8.26. The Kier molecular flexibility index (Phi) is 5.49. The number of nitrogens with zero attached hydrogens (tertiary/aromatic N) is 2. The van der Waals surface area contributed by atoms with Gasteiger partial charge in [-0.3, -0.25) is 4.79 Å². The highest BCUT2D eigenvalue weighted by molar-refractivity contribution is 7.89. The smallest absolute Gasteiger partial charge is 0.256 e. The highest BCUT2D eigenvalue weighted by Crippen LogP contribution is 2.19. The van der Waals surface area contributed by atoms with E-state index >= 15 is 0 Å². The van der Waals surface area contributed by atoms with Crippen molar-refractivity contribution in [3.05, 3.63) is 58.6 Å².